The number of nitrogens with one attached hydrogen (secondary N) is 2. The van der Waals surface area contributed by atoms with Crippen LogP contribution in [0.25, 0.3) is 0 Å². The van der Waals surface area contributed by atoms with Crippen LogP contribution in [0.3, 0.4) is 0 Å². The standard InChI is InChI=1S/C3H5NO2.C2H5NO2.CH3NO.CH2O/c5-2-1-4-3-6;4-1-3-2-5;2-1-3;1-2/h2-3H,1H2,(H,4,6);1,5H,2H2,(H,3,4);1H,(H2,2,3);1H2. The molecular weight excluding hydrogens is 222 g/mol. The smallest absolute Gasteiger partial charge is 0.208 e. The van der Waals surface area contributed by atoms with Crippen LogP contribution >= 0.6 is 0 Å². The SMILES string of the molecule is C=O.NC=O.O=CCNC=O.O=CNCO. The molecule has 0 unspecified atom stereocenters. The summed E-state index contributed by atoms with van der Waals surface area (Å²) < 4.78 is 0. The van der Waals surface area contributed by atoms with Crippen LogP contribution in [0, 0.1) is 0 Å². The van der Waals surface area contributed by atoms with Crippen LogP contribution < -0.4 is 16.4 Å². The van der Waals surface area contributed by atoms with E-state index in [0.29, 0.717) is 19.1 Å². The average molecular weight is 237 g/mol. The van der Waals surface area contributed by atoms with E-state index < -0.39 is 0 Å². The third-order valence-corrected chi connectivity index (χ3v) is 0.459. The Morgan fingerprint density at radius 3 is 1.50 bits per heavy atom. The van der Waals surface area contributed by atoms with Gasteiger partial charge in [-0.25, -0.2) is 0 Å². The molecular formula is C7H15N3O6. The van der Waals surface area contributed by atoms with E-state index in [-0.39, 0.29) is 19.7 Å². The fourth-order valence-electron chi connectivity index (χ4n) is 0.133. The molecule has 0 aromatic carbocycles. The van der Waals surface area contributed by atoms with Gasteiger partial charge >= 0.3 is 0 Å². The first-order valence-corrected chi connectivity index (χ1v) is 3.57. The maximum absolute atomic E-state index is 9.34. The predicted molar refractivity (Wildman–Crippen MR) is 53.8 cm³/mol. The number of carbonyl (C=O) groups is 5. The minimum atomic E-state index is -0.274. The van der Waals surface area contributed by atoms with Gasteiger partial charge in [0.2, 0.25) is 19.2 Å². The van der Waals surface area contributed by atoms with Crippen LogP contribution in [-0.4, -0.2) is 50.7 Å². The van der Waals surface area contributed by atoms with Gasteiger partial charge in [-0.05, 0) is 0 Å². The average Bonchev–Trinajstić information content (AvgIpc) is 2.32. The molecule has 0 radical (unpaired) electrons. The van der Waals surface area contributed by atoms with E-state index in [1.807, 2.05) is 12.1 Å². The Labute approximate surface area is 92.0 Å². The Hall–Kier alpha value is -2.29. The van der Waals surface area contributed by atoms with Crippen LogP contribution in [0.15, 0.2) is 0 Å². The number of rotatable bonds is 5. The zero-order valence-corrected chi connectivity index (χ0v) is 8.50. The number of amides is 3. The van der Waals surface area contributed by atoms with E-state index in [1.54, 1.807) is 0 Å². The summed E-state index contributed by atoms with van der Waals surface area (Å²) >= 11 is 0. The number of aldehydes is 1. The predicted octanol–water partition coefficient (Wildman–Crippen LogP) is -3.47. The van der Waals surface area contributed by atoms with E-state index >= 15 is 0 Å². The number of nitrogens with two attached hydrogens (primary N) is 1. The quantitative estimate of drug-likeness (QED) is 0.221. The molecule has 0 bridgehead atoms. The maximum atomic E-state index is 9.34. The molecule has 16 heavy (non-hydrogen) atoms. The summed E-state index contributed by atoms with van der Waals surface area (Å²) in [6.45, 7) is 1.84. The number of hydrogen-bond donors (Lipinski definition) is 4. The highest BCUT2D eigenvalue weighted by Gasteiger charge is 1.68. The number of carbonyl (C=O) groups excluding carboxylic acids is 5. The van der Waals surface area contributed by atoms with Gasteiger partial charge in [-0.15, -0.1) is 0 Å². The molecule has 0 aliphatic rings. The van der Waals surface area contributed by atoms with Crippen LogP contribution in [0.2, 0.25) is 0 Å². The summed E-state index contributed by atoms with van der Waals surface area (Å²) in [4.78, 5) is 44.4. The Morgan fingerprint density at radius 2 is 1.44 bits per heavy atom. The minimum absolute atomic E-state index is 0.115. The van der Waals surface area contributed by atoms with Crippen molar-refractivity contribution in [2.75, 3.05) is 13.3 Å². The number of primary amides is 1. The summed E-state index contributed by atoms with van der Waals surface area (Å²) in [5, 5.41) is 11.9. The van der Waals surface area contributed by atoms with Crippen molar-refractivity contribution in [3.63, 3.8) is 0 Å². The lowest BCUT2D eigenvalue weighted by molar-refractivity contribution is -0.113. The molecule has 0 saturated carbocycles. The lowest BCUT2D eigenvalue weighted by Crippen LogP contribution is -2.12. The van der Waals surface area contributed by atoms with Gasteiger partial charge in [0.05, 0.1) is 6.54 Å². The van der Waals surface area contributed by atoms with Gasteiger partial charge < -0.3 is 31.1 Å². The number of aliphatic hydroxyl groups excluding tert-OH is 1. The van der Waals surface area contributed by atoms with Crippen molar-refractivity contribution in [1.29, 1.82) is 0 Å². The Balaban J connectivity index is -0.0000000653. The van der Waals surface area contributed by atoms with E-state index in [2.05, 4.69) is 11.1 Å². The van der Waals surface area contributed by atoms with Crippen LogP contribution in [0.5, 0.6) is 0 Å². The zero-order chi connectivity index (χ0) is 13.7. The summed E-state index contributed by atoms with van der Waals surface area (Å²) in [5.74, 6) is 0. The maximum Gasteiger partial charge on any atom is 0.208 e. The molecule has 0 fully saturated rings. The molecule has 0 rings (SSSR count). The van der Waals surface area contributed by atoms with E-state index in [0.717, 1.165) is 0 Å². The van der Waals surface area contributed by atoms with Gasteiger partial charge in [-0.1, -0.05) is 0 Å². The summed E-state index contributed by atoms with van der Waals surface area (Å²) in [7, 11) is 0. The fourth-order valence-corrected chi connectivity index (χ4v) is 0.133. The fraction of sp³-hybridized carbons (Fsp3) is 0.286. The zero-order valence-electron chi connectivity index (χ0n) is 8.50. The van der Waals surface area contributed by atoms with Gasteiger partial charge in [0, 0.05) is 0 Å². The molecule has 0 heterocycles. The second-order valence-corrected chi connectivity index (χ2v) is 1.31. The van der Waals surface area contributed by atoms with Gasteiger partial charge in [-0.3, -0.25) is 14.4 Å². The third-order valence-electron chi connectivity index (χ3n) is 0.459. The molecule has 3 amide bonds. The van der Waals surface area contributed by atoms with Crippen molar-refractivity contribution in [3.05, 3.63) is 0 Å². The number of hydrogen-bond acceptors (Lipinski definition) is 6. The highest BCUT2D eigenvalue weighted by Crippen LogP contribution is 1.35. The largest absolute Gasteiger partial charge is 0.377 e. The molecule has 5 N–H and O–H groups in total. The lowest BCUT2D eigenvalue weighted by atomic mass is 10.7. The summed E-state index contributed by atoms with van der Waals surface area (Å²) in [5.41, 5.74) is 4.17. The molecule has 0 aliphatic carbocycles. The first kappa shape index (κ1) is 23.5. The molecule has 0 aromatic heterocycles. The topological polar surface area (TPSA) is 156 Å². The van der Waals surface area contributed by atoms with Crippen LogP contribution in [0.1, 0.15) is 0 Å². The lowest BCUT2D eigenvalue weighted by Gasteiger charge is -1.78. The molecule has 94 valence electrons. The molecule has 0 saturated heterocycles. The van der Waals surface area contributed by atoms with Crippen LogP contribution in [0.4, 0.5) is 0 Å². The highest BCUT2D eigenvalue weighted by molar-refractivity contribution is 5.58. The second kappa shape index (κ2) is 53.5. The first-order chi connectivity index (χ1) is 7.74. The first-order valence-electron chi connectivity index (χ1n) is 3.57. The van der Waals surface area contributed by atoms with Gasteiger partial charge in [0.1, 0.15) is 19.8 Å². The monoisotopic (exact) mass is 237 g/mol. The van der Waals surface area contributed by atoms with Crippen molar-refractivity contribution in [1.82, 2.24) is 10.6 Å². The Bertz CT molecular complexity index is 147. The summed E-state index contributed by atoms with van der Waals surface area (Å²) in [6.07, 6.45) is 1.78. The van der Waals surface area contributed by atoms with Gasteiger partial charge in [0.15, 0.2) is 0 Å². The minimum Gasteiger partial charge on any atom is -0.377 e. The van der Waals surface area contributed by atoms with Gasteiger partial charge in [-0.2, -0.15) is 0 Å². The molecule has 0 atom stereocenters. The van der Waals surface area contributed by atoms with Crippen molar-refractivity contribution in [2.45, 2.75) is 0 Å². The van der Waals surface area contributed by atoms with Crippen molar-refractivity contribution in [3.8, 4) is 0 Å². The van der Waals surface area contributed by atoms with Crippen LogP contribution in [-0.2, 0) is 24.0 Å². The molecule has 0 aromatic rings. The Kier molecular flexibility index (Phi) is 78.5. The van der Waals surface area contributed by atoms with Crippen molar-refractivity contribution < 1.29 is 29.1 Å². The molecule has 9 heteroatoms. The van der Waals surface area contributed by atoms with Crippen molar-refractivity contribution in [2.24, 2.45) is 5.73 Å². The number of aliphatic hydroxyl groups is 1. The Morgan fingerprint density at radius 1 is 1.06 bits per heavy atom. The van der Waals surface area contributed by atoms with E-state index in [4.69, 9.17) is 19.5 Å². The normalized spacial score (nSPS) is 5.56. The van der Waals surface area contributed by atoms with Crippen molar-refractivity contribution >= 4 is 32.3 Å². The van der Waals surface area contributed by atoms with E-state index in [9.17, 15) is 9.59 Å². The highest BCUT2D eigenvalue weighted by atomic mass is 16.3. The third kappa shape index (κ3) is 183. The molecule has 0 aliphatic heterocycles. The molecule has 9 nitrogen and oxygen atoms in total. The summed E-state index contributed by atoms with van der Waals surface area (Å²) in [6, 6.07) is 0. The molecule has 0 spiro atoms. The van der Waals surface area contributed by atoms with E-state index in [1.165, 1.54) is 0 Å². The second-order valence-electron chi connectivity index (χ2n) is 1.31. The van der Waals surface area contributed by atoms with Gasteiger partial charge in [0.25, 0.3) is 0 Å².